The minimum atomic E-state index is -0.758. The van der Waals surface area contributed by atoms with Gasteiger partial charge in [-0.1, -0.05) is 41.9 Å². The van der Waals surface area contributed by atoms with Gasteiger partial charge in [0.25, 0.3) is 0 Å². The summed E-state index contributed by atoms with van der Waals surface area (Å²) < 4.78 is 5.99. The zero-order valence-corrected chi connectivity index (χ0v) is 22.8. The molecule has 0 amide bonds. The number of hydrogen-bond donors (Lipinski definition) is 2. The lowest BCUT2D eigenvalue weighted by Crippen LogP contribution is -2.18. The highest BCUT2D eigenvalue weighted by atomic mass is 35.5. The van der Waals surface area contributed by atoms with Gasteiger partial charge in [0.1, 0.15) is 5.75 Å². The molecule has 0 aromatic heterocycles. The first-order valence-electron chi connectivity index (χ1n) is 12.5. The molecule has 4 nitrogen and oxygen atoms in total. The van der Waals surface area contributed by atoms with Crippen molar-refractivity contribution in [3.63, 3.8) is 0 Å². The summed E-state index contributed by atoms with van der Waals surface area (Å²) in [5.41, 5.74) is 9.26. The van der Waals surface area contributed by atoms with Crippen molar-refractivity contribution < 1.29 is 14.6 Å². The molecule has 0 radical (unpaired) electrons. The van der Waals surface area contributed by atoms with Crippen LogP contribution in [0.4, 0.5) is 5.69 Å². The Morgan fingerprint density at radius 3 is 2.81 bits per heavy atom. The first-order valence-corrected chi connectivity index (χ1v) is 14.3. The van der Waals surface area contributed by atoms with Crippen LogP contribution in [0.2, 0.25) is 5.02 Å². The van der Waals surface area contributed by atoms with Crippen LogP contribution >= 0.6 is 23.4 Å². The van der Waals surface area contributed by atoms with Crippen LogP contribution in [0.1, 0.15) is 53.1 Å². The number of thioether (sulfide) groups is 1. The molecule has 6 heteroatoms. The molecule has 1 unspecified atom stereocenters. The van der Waals surface area contributed by atoms with Crippen molar-refractivity contribution in [3.05, 3.63) is 81.4 Å². The Kier molecular flexibility index (Phi) is 8.86. The molecular formula is C30H34ClNO3S. The minimum absolute atomic E-state index is 0.162. The summed E-state index contributed by atoms with van der Waals surface area (Å²) in [6.07, 6.45) is 5.78. The van der Waals surface area contributed by atoms with Gasteiger partial charge in [0, 0.05) is 12.1 Å². The fourth-order valence-corrected chi connectivity index (χ4v) is 5.59. The minimum Gasteiger partial charge on any atom is -0.492 e. The molecule has 0 saturated heterocycles. The number of nitrogens with one attached hydrogen (secondary N) is 1. The number of aryl methyl sites for hydroxylation is 3. The second-order valence-electron chi connectivity index (χ2n) is 9.45. The summed E-state index contributed by atoms with van der Waals surface area (Å²) in [7, 11) is 0. The monoisotopic (exact) mass is 523 g/mol. The van der Waals surface area contributed by atoms with Crippen molar-refractivity contribution in [2.45, 2.75) is 52.0 Å². The third-order valence-corrected chi connectivity index (χ3v) is 7.99. The Morgan fingerprint density at radius 1 is 1.19 bits per heavy atom. The number of carboxylic acid groups (broad SMARTS) is 1. The van der Waals surface area contributed by atoms with Crippen LogP contribution in [-0.2, 0) is 17.6 Å². The Hall–Kier alpha value is -2.63. The van der Waals surface area contributed by atoms with Crippen LogP contribution in [0.5, 0.6) is 5.75 Å². The second kappa shape index (κ2) is 12.1. The predicted molar refractivity (Wildman–Crippen MR) is 152 cm³/mol. The van der Waals surface area contributed by atoms with Gasteiger partial charge in [-0.2, -0.15) is 11.8 Å². The van der Waals surface area contributed by atoms with E-state index in [1.807, 2.05) is 17.8 Å². The number of anilines is 1. The van der Waals surface area contributed by atoms with Crippen LogP contribution in [0.3, 0.4) is 0 Å². The normalized spacial score (nSPS) is 14.7. The molecule has 0 aliphatic carbocycles. The molecule has 0 fully saturated rings. The first kappa shape index (κ1) is 26.4. The molecule has 1 aliphatic heterocycles. The molecule has 1 aliphatic rings. The van der Waals surface area contributed by atoms with Gasteiger partial charge in [-0.15, -0.1) is 0 Å². The maximum atomic E-state index is 10.9. The van der Waals surface area contributed by atoms with Crippen LogP contribution in [0.25, 0.3) is 11.1 Å². The summed E-state index contributed by atoms with van der Waals surface area (Å²) in [4.78, 5) is 10.9. The van der Waals surface area contributed by atoms with Crippen LogP contribution in [-0.4, -0.2) is 29.7 Å². The topological polar surface area (TPSA) is 58.6 Å². The average molecular weight is 524 g/mol. The number of aliphatic carboxylic acids is 1. The van der Waals surface area contributed by atoms with Crippen molar-refractivity contribution in [3.8, 4) is 16.9 Å². The van der Waals surface area contributed by atoms with E-state index in [0.717, 1.165) is 64.3 Å². The highest BCUT2D eigenvalue weighted by Crippen LogP contribution is 2.40. The van der Waals surface area contributed by atoms with Gasteiger partial charge in [0.05, 0.1) is 17.7 Å². The molecule has 0 bridgehead atoms. The van der Waals surface area contributed by atoms with Crippen LogP contribution in [0, 0.1) is 13.8 Å². The molecule has 0 spiro atoms. The summed E-state index contributed by atoms with van der Waals surface area (Å²) in [5.74, 6) is 1.08. The summed E-state index contributed by atoms with van der Waals surface area (Å²) in [6.45, 7) is 4.87. The Labute approximate surface area is 223 Å². The van der Waals surface area contributed by atoms with Gasteiger partial charge >= 0.3 is 5.97 Å². The number of carboxylic acids is 1. The van der Waals surface area contributed by atoms with Crippen molar-refractivity contribution in [2.75, 3.05) is 23.9 Å². The fraction of sp³-hybridized carbons (Fsp3) is 0.367. The largest absolute Gasteiger partial charge is 0.492 e. The maximum absolute atomic E-state index is 10.9. The van der Waals surface area contributed by atoms with E-state index in [1.165, 1.54) is 11.1 Å². The number of rotatable bonds is 10. The second-order valence-corrected chi connectivity index (χ2v) is 10.8. The zero-order chi connectivity index (χ0) is 25.7. The molecule has 3 aromatic rings. The fourth-order valence-electron chi connectivity index (χ4n) is 4.98. The van der Waals surface area contributed by atoms with Gasteiger partial charge in [0.2, 0.25) is 0 Å². The summed E-state index contributed by atoms with van der Waals surface area (Å²) in [5, 5.41) is 13.4. The van der Waals surface area contributed by atoms with Crippen molar-refractivity contribution in [2.24, 2.45) is 0 Å². The quantitative estimate of drug-likeness (QED) is 0.265. The highest BCUT2D eigenvalue weighted by Gasteiger charge is 2.21. The zero-order valence-electron chi connectivity index (χ0n) is 21.2. The van der Waals surface area contributed by atoms with Gasteiger partial charge in [0.15, 0.2) is 0 Å². The number of halogens is 1. The predicted octanol–water partition coefficient (Wildman–Crippen LogP) is 7.87. The molecule has 0 saturated carbocycles. The van der Waals surface area contributed by atoms with Gasteiger partial charge < -0.3 is 15.2 Å². The molecule has 1 heterocycles. The summed E-state index contributed by atoms with van der Waals surface area (Å²) >= 11 is 8.58. The standard InChI is InChI=1S/C30H34ClNO3S/c1-19-16-27(35-14-5-15-36-3)30(31)20(2)29(19)24-7-4-6-22(18-24)26-12-10-23-17-21(9-13-28(33)34)8-11-25(23)32-26/h4,6-8,11,16-18,26,32H,5,9-10,12-15H2,1-3H3,(H,33,34). The van der Waals surface area contributed by atoms with E-state index < -0.39 is 5.97 Å². The van der Waals surface area contributed by atoms with Crippen molar-refractivity contribution in [1.29, 1.82) is 0 Å². The lowest BCUT2D eigenvalue weighted by Gasteiger charge is -2.28. The number of hydrogen-bond acceptors (Lipinski definition) is 4. The van der Waals surface area contributed by atoms with E-state index in [9.17, 15) is 4.79 Å². The van der Waals surface area contributed by atoms with E-state index in [4.69, 9.17) is 21.4 Å². The lowest BCUT2D eigenvalue weighted by atomic mass is 9.89. The summed E-state index contributed by atoms with van der Waals surface area (Å²) in [6, 6.07) is 17.3. The third kappa shape index (κ3) is 6.19. The number of benzene rings is 3. The molecule has 2 N–H and O–H groups in total. The number of carbonyl (C=O) groups is 1. The first-order chi connectivity index (χ1) is 17.4. The molecule has 1 atom stereocenters. The van der Waals surface area contributed by atoms with Gasteiger partial charge in [-0.05, 0) is 109 Å². The van der Waals surface area contributed by atoms with E-state index in [1.54, 1.807) is 0 Å². The molecule has 190 valence electrons. The van der Waals surface area contributed by atoms with E-state index >= 15 is 0 Å². The average Bonchev–Trinajstić information content (AvgIpc) is 2.88. The van der Waals surface area contributed by atoms with E-state index in [0.29, 0.717) is 18.1 Å². The van der Waals surface area contributed by atoms with Crippen molar-refractivity contribution in [1.82, 2.24) is 0 Å². The molecule has 36 heavy (non-hydrogen) atoms. The van der Waals surface area contributed by atoms with Crippen LogP contribution < -0.4 is 10.1 Å². The van der Waals surface area contributed by atoms with E-state index in [-0.39, 0.29) is 12.5 Å². The third-order valence-electron chi connectivity index (χ3n) is 6.82. The van der Waals surface area contributed by atoms with Crippen LogP contribution in [0.15, 0.2) is 48.5 Å². The number of ether oxygens (including phenoxy) is 1. The van der Waals surface area contributed by atoms with E-state index in [2.05, 4.69) is 67.9 Å². The lowest BCUT2D eigenvalue weighted by molar-refractivity contribution is -0.136. The van der Waals surface area contributed by atoms with Gasteiger partial charge in [-0.3, -0.25) is 4.79 Å². The number of fused-ring (bicyclic) bond motifs is 1. The molecule has 4 rings (SSSR count). The maximum Gasteiger partial charge on any atom is 0.303 e. The van der Waals surface area contributed by atoms with Gasteiger partial charge in [-0.25, -0.2) is 0 Å². The highest BCUT2D eigenvalue weighted by molar-refractivity contribution is 7.98. The molecule has 3 aromatic carbocycles. The van der Waals surface area contributed by atoms with Crippen molar-refractivity contribution >= 4 is 35.0 Å². The Morgan fingerprint density at radius 2 is 2.03 bits per heavy atom. The SMILES string of the molecule is CSCCCOc1cc(C)c(-c2cccc(C3CCc4cc(CCC(=O)O)ccc4N3)c2)c(C)c1Cl. The Balaban J connectivity index is 1.53. The Bertz CT molecular complexity index is 1240. The smallest absolute Gasteiger partial charge is 0.303 e. The molecular weight excluding hydrogens is 490 g/mol.